The zero-order chi connectivity index (χ0) is 18.4. The fraction of sp³-hybridized carbons (Fsp3) is 0.500. The largest absolute Gasteiger partial charge is 0.355 e. The molecule has 1 aliphatic rings. The van der Waals surface area contributed by atoms with Crippen molar-refractivity contribution in [3.05, 3.63) is 28.8 Å². The number of carbonyl (C=O) groups excluding carboxylic acids is 3. The van der Waals surface area contributed by atoms with Gasteiger partial charge in [0, 0.05) is 30.5 Å². The molecule has 0 aliphatic heterocycles. The van der Waals surface area contributed by atoms with E-state index in [0.29, 0.717) is 28.7 Å². The molecule has 0 bridgehead atoms. The maximum absolute atomic E-state index is 12.2. The Kier molecular flexibility index (Phi) is 6.82. The van der Waals surface area contributed by atoms with Gasteiger partial charge in [0.2, 0.25) is 11.8 Å². The number of carbonyl (C=O) groups is 3. The maximum atomic E-state index is 12.2. The monoisotopic (exact) mass is 365 g/mol. The van der Waals surface area contributed by atoms with E-state index < -0.39 is 0 Å². The van der Waals surface area contributed by atoms with Gasteiger partial charge in [-0.25, -0.2) is 0 Å². The zero-order valence-electron chi connectivity index (χ0n) is 14.5. The van der Waals surface area contributed by atoms with Crippen molar-refractivity contribution < 1.29 is 14.4 Å². The molecule has 1 fully saturated rings. The molecule has 2 rings (SSSR count). The number of hydrogen-bond donors (Lipinski definition) is 3. The average molecular weight is 366 g/mol. The molecule has 1 aliphatic carbocycles. The molecule has 1 aromatic carbocycles. The quantitative estimate of drug-likeness (QED) is 0.661. The molecule has 3 N–H and O–H groups in total. The highest BCUT2D eigenvalue weighted by Crippen LogP contribution is 2.37. The molecule has 0 aromatic heterocycles. The van der Waals surface area contributed by atoms with Crippen molar-refractivity contribution in [2.75, 3.05) is 18.4 Å². The van der Waals surface area contributed by atoms with Gasteiger partial charge in [0.1, 0.15) is 0 Å². The van der Waals surface area contributed by atoms with Crippen molar-refractivity contribution in [3.63, 3.8) is 0 Å². The highest BCUT2D eigenvalue weighted by atomic mass is 35.5. The summed E-state index contributed by atoms with van der Waals surface area (Å²) in [7, 11) is 0. The molecule has 7 heteroatoms. The number of nitrogens with one attached hydrogen (secondary N) is 3. The molecule has 2 atom stereocenters. The van der Waals surface area contributed by atoms with Crippen molar-refractivity contribution in [2.45, 2.75) is 33.1 Å². The first-order valence-corrected chi connectivity index (χ1v) is 8.95. The van der Waals surface area contributed by atoms with Crippen LogP contribution < -0.4 is 16.0 Å². The van der Waals surface area contributed by atoms with Gasteiger partial charge < -0.3 is 16.0 Å². The molecule has 6 nitrogen and oxygen atoms in total. The molecule has 0 saturated heterocycles. The van der Waals surface area contributed by atoms with Crippen LogP contribution in [0.5, 0.6) is 0 Å². The Hall–Kier alpha value is -2.08. The third kappa shape index (κ3) is 5.74. The van der Waals surface area contributed by atoms with Crippen LogP contribution in [0.15, 0.2) is 18.2 Å². The summed E-state index contributed by atoms with van der Waals surface area (Å²) in [6.07, 6.45) is 1.87. The Morgan fingerprint density at radius 2 is 1.92 bits per heavy atom. The summed E-state index contributed by atoms with van der Waals surface area (Å²) in [5.74, 6) is -0.0159. The first kappa shape index (κ1) is 19.2. The summed E-state index contributed by atoms with van der Waals surface area (Å²) >= 11 is 5.97. The molecule has 25 heavy (non-hydrogen) atoms. The van der Waals surface area contributed by atoms with Gasteiger partial charge in [0.05, 0.1) is 11.3 Å². The SMILES string of the molecule is CCCNC(=O)c1ccc(Cl)cc1NC(=O)CCNC(=O)[C@H]1C[C@H]1C. The number of anilines is 1. The number of halogens is 1. The first-order chi connectivity index (χ1) is 11.9. The predicted octanol–water partition coefficient (Wildman–Crippen LogP) is 2.58. The van der Waals surface area contributed by atoms with Crippen LogP contribution in [0.4, 0.5) is 5.69 Å². The lowest BCUT2D eigenvalue weighted by Gasteiger charge is -2.12. The average Bonchev–Trinajstić information content (AvgIpc) is 3.29. The maximum Gasteiger partial charge on any atom is 0.253 e. The van der Waals surface area contributed by atoms with Crippen LogP contribution in [0.1, 0.15) is 43.5 Å². The van der Waals surface area contributed by atoms with Crippen molar-refractivity contribution in [1.82, 2.24) is 10.6 Å². The topological polar surface area (TPSA) is 87.3 Å². The Bertz CT molecular complexity index is 663. The molecule has 0 unspecified atom stereocenters. The van der Waals surface area contributed by atoms with E-state index in [9.17, 15) is 14.4 Å². The van der Waals surface area contributed by atoms with Crippen LogP contribution in [0, 0.1) is 11.8 Å². The van der Waals surface area contributed by atoms with E-state index in [-0.39, 0.29) is 36.6 Å². The van der Waals surface area contributed by atoms with Crippen LogP contribution >= 0.6 is 11.6 Å². The summed E-state index contributed by atoms with van der Waals surface area (Å²) in [4.78, 5) is 36.0. The second-order valence-electron chi connectivity index (χ2n) is 6.35. The molecule has 1 saturated carbocycles. The van der Waals surface area contributed by atoms with Crippen LogP contribution in [0.3, 0.4) is 0 Å². The number of rotatable bonds is 8. The predicted molar refractivity (Wildman–Crippen MR) is 97.6 cm³/mol. The Morgan fingerprint density at radius 3 is 2.56 bits per heavy atom. The summed E-state index contributed by atoms with van der Waals surface area (Å²) in [6.45, 7) is 4.81. The lowest BCUT2D eigenvalue weighted by Crippen LogP contribution is -2.30. The van der Waals surface area contributed by atoms with Gasteiger partial charge in [-0.1, -0.05) is 25.4 Å². The van der Waals surface area contributed by atoms with Crippen LogP contribution in [0.2, 0.25) is 5.02 Å². The van der Waals surface area contributed by atoms with Crippen molar-refractivity contribution in [1.29, 1.82) is 0 Å². The summed E-state index contributed by atoms with van der Waals surface area (Å²) in [5.41, 5.74) is 0.732. The molecule has 3 amide bonds. The van der Waals surface area contributed by atoms with E-state index in [1.54, 1.807) is 18.2 Å². The summed E-state index contributed by atoms with van der Waals surface area (Å²) in [6, 6.07) is 4.74. The third-order valence-corrected chi connectivity index (χ3v) is 4.37. The lowest BCUT2D eigenvalue weighted by atomic mass is 10.1. The van der Waals surface area contributed by atoms with Gasteiger partial charge in [0.15, 0.2) is 0 Å². The smallest absolute Gasteiger partial charge is 0.253 e. The van der Waals surface area contributed by atoms with Gasteiger partial charge in [-0.2, -0.15) is 0 Å². The Morgan fingerprint density at radius 1 is 1.20 bits per heavy atom. The Labute approximate surface area is 152 Å². The van der Waals surface area contributed by atoms with E-state index >= 15 is 0 Å². The molecular formula is C18H24ClN3O3. The normalized spacial score (nSPS) is 18.4. The summed E-state index contributed by atoms with van der Waals surface area (Å²) < 4.78 is 0. The standard InChI is InChI=1S/C18H24ClN3O3/c1-3-7-20-17(24)13-5-4-12(19)10-15(13)22-16(23)6-8-21-18(25)14-9-11(14)2/h4-5,10-11,14H,3,6-9H2,1-2H3,(H,20,24)(H,21,25)(H,22,23)/t11-,14+/m1/s1. The molecule has 0 radical (unpaired) electrons. The molecule has 0 spiro atoms. The highest BCUT2D eigenvalue weighted by Gasteiger charge is 2.38. The minimum Gasteiger partial charge on any atom is -0.355 e. The van der Waals surface area contributed by atoms with E-state index in [2.05, 4.69) is 16.0 Å². The van der Waals surface area contributed by atoms with Gasteiger partial charge in [-0.05, 0) is 37.0 Å². The van der Waals surface area contributed by atoms with E-state index in [1.165, 1.54) is 0 Å². The Balaban J connectivity index is 1.89. The van der Waals surface area contributed by atoms with Crippen molar-refractivity contribution >= 4 is 35.0 Å². The van der Waals surface area contributed by atoms with E-state index in [1.807, 2.05) is 13.8 Å². The zero-order valence-corrected chi connectivity index (χ0v) is 15.3. The van der Waals surface area contributed by atoms with Crippen molar-refractivity contribution in [2.24, 2.45) is 11.8 Å². The minimum absolute atomic E-state index is 0.00249. The highest BCUT2D eigenvalue weighted by molar-refractivity contribution is 6.31. The van der Waals surface area contributed by atoms with Gasteiger partial charge >= 0.3 is 0 Å². The van der Waals surface area contributed by atoms with Crippen molar-refractivity contribution in [3.8, 4) is 0 Å². The van der Waals surface area contributed by atoms with Crippen LogP contribution in [0.25, 0.3) is 0 Å². The second kappa shape index (κ2) is 8.85. The minimum atomic E-state index is -0.282. The molecule has 136 valence electrons. The fourth-order valence-corrected chi connectivity index (χ4v) is 2.65. The second-order valence-corrected chi connectivity index (χ2v) is 6.79. The first-order valence-electron chi connectivity index (χ1n) is 8.57. The number of hydrogen-bond acceptors (Lipinski definition) is 3. The van der Waals surface area contributed by atoms with Crippen LogP contribution in [-0.4, -0.2) is 30.8 Å². The molecule has 0 heterocycles. The number of benzene rings is 1. The number of amides is 3. The van der Waals surface area contributed by atoms with Gasteiger partial charge in [-0.15, -0.1) is 0 Å². The summed E-state index contributed by atoms with van der Waals surface area (Å²) in [5, 5.41) is 8.67. The molecular weight excluding hydrogens is 342 g/mol. The van der Waals surface area contributed by atoms with E-state index in [0.717, 1.165) is 12.8 Å². The van der Waals surface area contributed by atoms with Gasteiger partial charge in [0.25, 0.3) is 5.91 Å². The van der Waals surface area contributed by atoms with E-state index in [4.69, 9.17) is 11.6 Å². The lowest BCUT2D eigenvalue weighted by molar-refractivity contribution is -0.122. The third-order valence-electron chi connectivity index (χ3n) is 4.13. The van der Waals surface area contributed by atoms with Gasteiger partial charge in [-0.3, -0.25) is 14.4 Å². The van der Waals surface area contributed by atoms with Crippen LogP contribution in [-0.2, 0) is 9.59 Å². The molecule has 1 aromatic rings. The fourth-order valence-electron chi connectivity index (χ4n) is 2.48.